The van der Waals surface area contributed by atoms with E-state index in [1.165, 1.54) is 18.2 Å². The van der Waals surface area contributed by atoms with Crippen molar-refractivity contribution in [2.75, 3.05) is 0 Å². The van der Waals surface area contributed by atoms with Gasteiger partial charge in [0.05, 0.1) is 5.56 Å². The maximum absolute atomic E-state index is 12.8. The Bertz CT molecular complexity index is 963. The molecule has 0 heterocycles. The normalized spacial score (nSPS) is 13.8. The number of ether oxygens (including phenoxy) is 1. The summed E-state index contributed by atoms with van der Waals surface area (Å²) >= 11 is 0. The van der Waals surface area contributed by atoms with E-state index in [1.54, 1.807) is 18.2 Å². The fourth-order valence-corrected chi connectivity index (χ4v) is 3.87. The third kappa shape index (κ3) is 7.71. The van der Waals surface area contributed by atoms with Crippen molar-refractivity contribution >= 4 is 18.4 Å². The molecule has 0 saturated carbocycles. The molecule has 0 bridgehead atoms. The van der Waals surface area contributed by atoms with Gasteiger partial charge in [0.15, 0.2) is 0 Å². The van der Waals surface area contributed by atoms with Crippen LogP contribution >= 0.6 is 8.25 Å². The van der Waals surface area contributed by atoms with Crippen molar-refractivity contribution < 1.29 is 44.9 Å². The van der Waals surface area contributed by atoms with Crippen molar-refractivity contribution in [2.45, 2.75) is 30.9 Å². The molecule has 158 valence electrons. The molecule has 0 aliphatic carbocycles. The average molecular weight is 452 g/mol. The molecule has 0 aromatic heterocycles. The first-order valence-corrected chi connectivity index (χ1v) is 10.8. The Morgan fingerprint density at radius 3 is 2.31 bits per heavy atom. The number of aryl methyl sites for hydroxylation is 1. The smallest absolute Gasteiger partial charge is 0.489 e. The largest absolute Gasteiger partial charge is 0.566 e. The molecule has 2 atom stereocenters. The minimum absolute atomic E-state index is 0.00365. The highest BCUT2D eigenvalue weighted by Crippen LogP contribution is 2.33. The van der Waals surface area contributed by atoms with Crippen LogP contribution in [0.1, 0.15) is 24.0 Å². The van der Waals surface area contributed by atoms with Gasteiger partial charge in [0.25, 0.3) is 10.1 Å². The molecule has 2 aromatic carbocycles. The molecular weight excluding hydrogens is 436 g/mol. The highest BCUT2D eigenvalue weighted by molar-refractivity contribution is 7.86. The molecule has 0 amide bonds. The summed E-state index contributed by atoms with van der Waals surface area (Å²) in [5, 5.41) is 0. The van der Waals surface area contributed by atoms with E-state index in [1.807, 2.05) is 0 Å². The molecule has 2 aromatic rings. The minimum atomic E-state index is -4.70. The zero-order valence-corrected chi connectivity index (χ0v) is 16.4. The Morgan fingerprint density at radius 1 is 1.10 bits per heavy atom. The SMILES string of the molecule is O=[P+]([O-])OC(CCCc1cccc(Oc2cccc(C(F)(F)F)c2)c1)S(=O)(=O)O. The van der Waals surface area contributed by atoms with Crippen LogP contribution in [0.2, 0.25) is 0 Å². The Hall–Kier alpha value is -2.04. The molecule has 0 saturated heterocycles. The summed E-state index contributed by atoms with van der Waals surface area (Å²) < 4.78 is 89.8. The van der Waals surface area contributed by atoms with E-state index in [4.69, 9.17) is 9.29 Å². The van der Waals surface area contributed by atoms with Crippen LogP contribution in [-0.2, 0) is 31.8 Å². The lowest BCUT2D eigenvalue weighted by Crippen LogP contribution is -2.22. The third-order valence-corrected chi connectivity index (χ3v) is 5.30. The van der Waals surface area contributed by atoms with E-state index in [9.17, 15) is 31.0 Å². The Labute approximate surface area is 165 Å². The van der Waals surface area contributed by atoms with Gasteiger partial charge in [-0.2, -0.15) is 21.6 Å². The summed E-state index contributed by atoms with van der Waals surface area (Å²) in [6.45, 7) is 0. The molecule has 7 nitrogen and oxygen atoms in total. The van der Waals surface area contributed by atoms with Crippen molar-refractivity contribution in [3.8, 4) is 11.5 Å². The second-order valence-corrected chi connectivity index (χ2v) is 8.15. The summed E-state index contributed by atoms with van der Waals surface area (Å²) in [6, 6.07) is 10.8. The van der Waals surface area contributed by atoms with E-state index >= 15 is 0 Å². The van der Waals surface area contributed by atoms with Gasteiger partial charge in [0.2, 0.25) is 5.44 Å². The van der Waals surface area contributed by atoms with Crippen LogP contribution in [-0.4, -0.2) is 18.4 Å². The van der Waals surface area contributed by atoms with Crippen LogP contribution in [0, 0.1) is 0 Å². The fourth-order valence-electron chi connectivity index (χ4n) is 2.46. The van der Waals surface area contributed by atoms with Gasteiger partial charge in [-0.25, -0.2) is 0 Å². The van der Waals surface area contributed by atoms with Crippen molar-refractivity contribution in [3.63, 3.8) is 0 Å². The summed E-state index contributed by atoms with van der Waals surface area (Å²) in [4.78, 5) is 10.5. The van der Waals surface area contributed by atoms with E-state index in [0.717, 1.165) is 12.1 Å². The number of alkyl halides is 3. The maximum atomic E-state index is 12.8. The van der Waals surface area contributed by atoms with Gasteiger partial charge < -0.3 is 9.63 Å². The van der Waals surface area contributed by atoms with Gasteiger partial charge in [-0.15, -0.1) is 4.52 Å². The second-order valence-electron chi connectivity index (χ2n) is 5.94. The molecule has 0 aliphatic rings. The van der Waals surface area contributed by atoms with Crippen LogP contribution in [0.25, 0.3) is 0 Å². The minimum Gasteiger partial charge on any atom is -0.566 e. The summed E-state index contributed by atoms with van der Waals surface area (Å²) in [5.41, 5.74) is -2.08. The van der Waals surface area contributed by atoms with Crippen LogP contribution in [0.3, 0.4) is 0 Å². The monoisotopic (exact) mass is 452 g/mol. The topological polar surface area (TPSA) is 113 Å². The van der Waals surface area contributed by atoms with Gasteiger partial charge >= 0.3 is 14.4 Å². The van der Waals surface area contributed by atoms with Gasteiger partial charge in [-0.1, -0.05) is 18.2 Å². The summed E-state index contributed by atoms with van der Waals surface area (Å²) in [6.07, 6.45) is -4.34. The first kappa shape index (κ1) is 23.2. The van der Waals surface area contributed by atoms with Gasteiger partial charge in [0.1, 0.15) is 11.5 Å². The molecule has 1 N–H and O–H groups in total. The highest BCUT2D eigenvalue weighted by atomic mass is 32.2. The van der Waals surface area contributed by atoms with E-state index in [2.05, 4.69) is 4.52 Å². The molecule has 29 heavy (non-hydrogen) atoms. The van der Waals surface area contributed by atoms with Crippen LogP contribution in [0.4, 0.5) is 13.2 Å². The Balaban J connectivity index is 2.02. The standard InChI is InChI=1S/C17H16F3O7PS/c18-17(19,20)13-6-3-8-15(11-13)26-14-7-1-4-12(10-14)5-2-9-16(27-28(21)22)29(23,24)25/h1,3-4,6-8,10-11,16H,2,5,9H2,(H,23,24,25). The van der Waals surface area contributed by atoms with Gasteiger partial charge in [-0.3, -0.25) is 4.55 Å². The quantitative estimate of drug-likeness (QED) is 0.451. The number of benzene rings is 2. The zero-order chi connectivity index (χ0) is 21.7. The van der Waals surface area contributed by atoms with Crippen molar-refractivity contribution in [3.05, 3.63) is 59.7 Å². The zero-order valence-electron chi connectivity index (χ0n) is 14.7. The van der Waals surface area contributed by atoms with E-state index in [0.29, 0.717) is 5.56 Å². The first-order valence-electron chi connectivity index (χ1n) is 8.16. The van der Waals surface area contributed by atoms with E-state index in [-0.39, 0.29) is 30.8 Å². The molecule has 0 fully saturated rings. The lowest BCUT2D eigenvalue weighted by molar-refractivity contribution is -0.187. The Morgan fingerprint density at radius 2 is 1.72 bits per heavy atom. The molecule has 2 rings (SSSR count). The lowest BCUT2D eigenvalue weighted by atomic mass is 10.1. The predicted molar refractivity (Wildman–Crippen MR) is 94.9 cm³/mol. The Kier molecular flexibility index (Phi) is 7.73. The number of hydrogen-bond acceptors (Lipinski definition) is 6. The predicted octanol–water partition coefficient (Wildman–Crippen LogP) is 4.07. The average Bonchev–Trinajstić information content (AvgIpc) is 2.59. The van der Waals surface area contributed by atoms with E-state index < -0.39 is 35.5 Å². The molecular formula is C17H16F3O7PS. The third-order valence-electron chi connectivity index (χ3n) is 3.74. The number of halogens is 3. The molecule has 2 unspecified atom stereocenters. The summed E-state index contributed by atoms with van der Waals surface area (Å²) in [7, 11) is -8.16. The van der Waals surface area contributed by atoms with Crippen molar-refractivity contribution in [1.29, 1.82) is 0 Å². The van der Waals surface area contributed by atoms with Gasteiger partial charge in [-0.05, 0) is 59.7 Å². The molecule has 0 aliphatic heterocycles. The fraction of sp³-hybridized carbons (Fsp3) is 0.294. The molecule has 0 radical (unpaired) electrons. The summed E-state index contributed by atoms with van der Waals surface area (Å²) in [5.74, 6) is 0.267. The number of rotatable bonds is 9. The maximum Gasteiger partial charge on any atom is 0.489 e. The van der Waals surface area contributed by atoms with Crippen LogP contribution in [0.15, 0.2) is 48.5 Å². The van der Waals surface area contributed by atoms with Crippen molar-refractivity contribution in [2.24, 2.45) is 0 Å². The molecule has 12 heteroatoms. The number of hydrogen-bond donors (Lipinski definition) is 1. The highest BCUT2D eigenvalue weighted by Gasteiger charge is 2.31. The molecule has 0 spiro atoms. The lowest BCUT2D eigenvalue weighted by Gasteiger charge is -2.11. The second kappa shape index (κ2) is 9.64. The first-order chi connectivity index (χ1) is 13.4. The van der Waals surface area contributed by atoms with Gasteiger partial charge in [0, 0.05) is 0 Å². The van der Waals surface area contributed by atoms with Crippen molar-refractivity contribution in [1.82, 2.24) is 0 Å². The van der Waals surface area contributed by atoms with Crippen LogP contribution in [0.5, 0.6) is 11.5 Å². The van der Waals surface area contributed by atoms with Crippen LogP contribution < -0.4 is 9.63 Å².